The average Bonchev–Trinajstić information content (AvgIpc) is 3.16. The Balaban J connectivity index is 1.68. The number of benzene rings is 1. The number of halogens is 1. The number of nitrogens with two attached hydrogens (primary N) is 1. The summed E-state index contributed by atoms with van der Waals surface area (Å²) in [6.07, 6.45) is 4.72. The van der Waals surface area contributed by atoms with Gasteiger partial charge in [0.15, 0.2) is 0 Å². The fourth-order valence-electron chi connectivity index (χ4n) is 4.36. The first-order chi connectivity index (χ1) is 14.0. The molecule has 29 heavy (non-hydrogen) atoms. The molecule has 1 aliphatic rings. The van der Waals surface area contributed by atoms with Gasteiger partial charge < -0.3 is 15.6 Å². The van der Waals surface area contributed by atoms with Crippen LogP contribution in [0.4, 0.5) is 4.39 Å². The van der Waals surface area contributed by atoms with E-state index in [1.807, 2.05) is 19.1 Å². The topological polar surface area (TPSA) is 98.8 Å². The van der Waals surface area contributed by atoms with Crippen molar-refractivity contribution in [1.29, 1.82) is 5.26 Å². The average molecular weight is 391 g/mol. The summed E-state index contributed by atoms with van der Waals surface area (Å²) in [5.74, 6) is -0.231. The lowest BCUT2D eigenvalue weighted by molar-refractivity contribution is -0.130. The number of fused-ring (bicyclic) bond motifs is 1. The molecular weight excluding hydrogens is 369 g/mol. The van der Waals surface area contributed by atoms with E-state index in [0.717, 1.165) is 29.5 Å². The Hall–Kier alpha value is -3.24. The van der Waals surface area contributed by atoms with Crippen LogP contribution in [0, 0.1) is 24.1 Å². The van der Waals surface area contributed by atoms with E-state index in [4.69, 9.17) is 5.73 Å². The van der Waals surface area contributed by atoms with Crippen LogP contribution >= 0.6 is 0 Å². The summed E-state index contributed by atoms with van der Waals surface area (Å²) in [7, 11) is 0. The monoisotopic (exact) mass is 391 g/mol. The van der Waals surface area contributed by atoms with E-state index in [-0.39, 0.29) is 24.2 Å². The molecule has 1 saturated heterocycles. The Morgan fingerprint density at radius 1 is 1.41 bits per heavy atom. The maximum atomic E-state index is 15.2. The molecule has 3 aromatic rings. The van der Waals surface area contributed by atoms with Gasteiger partial charge in [-0.3, -0.25) is 4.79 Å². The van der Waals surface area contributed by atoms with E-state index in [1.165, 1.54) is 0 Å². The first-order valence-electron chi connectivity index (χ1n) is 9.68. The molecule has 1 aromatic carbocycles. The summed E-state index contributed by atoms with van der Waals surface area (Å²) in [4.78, 5) is 20.8. The highest BCUT2D eigenvalue weighted by Crippen LogP contribution is 2.37. The SMILES string of the molecule is Cc1cc(-c2ccnc3[nH]cc(C#N)c23)cc(F)c1C1CCN(C(=O)CN)CC1. The zero-order valence-corrected chi connectivity index (χ0v) is 16.2. The lowest BCUT2D eigenvalue weighted by Crippen LogP contribution is -2.41. The summed E-state index contributed by atoms with van der Waals surface area (Å²) < 4.78 is 15.2. The van der Waals surface area contributed by atoms with Gasteiger partial charge in [-0.25, -0.2) is 9.37 Å². The number of piperidine rings is 1. The second kappa shape index (κ2) is 7.64. The second-order valence-electron chi connectivity index (χ2n) is 7.44. The molecule has 0 bridgehead atoms. The van der Waals surface area contributed by atoms with Crippen LogP contribution in [0.3, 0.4) is 0 Å². The van der Waals surface area contributed by atoms with E-state index in [2.05, 4.69) is 16.0 Å². The number of nitrogens with zero attached hydrogens (tertiary/aromatic N) is 3. The molecule has 1 amide bonds. The third-order valence-electron chi connectivity index (χ3n) is 5.77. The molecule has 0 spiro atoms. The third kappa shape index (κ3) is 3.36. The predicted octanol–water partition coefficient (Wildman–Crippen LogP) is 3.21. The predicted molar refractivity (Wildman–Crippen MR) is 109 cm³/mol. The highest BCUT2D eigenvalue weighted by atomic mass is 19.1. The number of hydrogen-bond acceptors (Lipinski definition) is 4. The molecule has 4 rings (SSSR count). The maximum absolute atomic E-state index is 15.2. The lowest BCUT2D eigenvalue weighted by atomic mass is 9.85. The fourth-order valence-corrected chi connectivity index (χ4v) is 4.36. The number of aromatic amines is 1. The summed E-state index contributed by atoms with van der Waals surface area (Å²) in [6, 6.07) is 7.49. The van der Waals surface area contributed by atoms with Crippen LogP contribution in [-0.2, 0) is 4.79 Å². The number of aryl methyl sites for hydroxylation is 1. The number of amides is 1. The van der Waals surface area contributed by atoms with Gasteiger partial charge >= 0.3 is 0 Å². The number of hydrogen-bond donors (Lipinski definition) is 2. The van der Waals surface area contributed by atoms with Crippen molar-refractivity contribution >= 4 is 16.9 Å². The van der Waals surface area contributed by atoms with E-state index in [9.17, 15) is 10.1 Å². The molecule has 2 aromatic heterocycles. The van der Waals surface area contributed by atoms with Crippen molar-refractivity contribution in [2.75, 3.05) is 19.6 Å². The number of nitriles is 1. The minimum Gasteiger partial charge on any atom is -0.345 e. The number of likely N-dealkylation sites (tertiary alicyclic amines) is 1. The van der Waals surface area contributed by atoms with Crippen LogP contribution in [0.5, 0.6) is 0 Å². The Kier molecular flexibility index (Phi) is 5.03. The maximum Gasteiger partial charge on any atom is 0.236 e. The van der Waals surface area contributed by atoms with Gasteiger partial charge in [0.1, 0.15) is 17.5 Å². The lowest BCUT2D eigenvalue weighted by Gasteiger charge is -2.33. The molecule has 1 fully saturated rings. The zero-order chi connectivity index (χ0) is 20.5. The molecular formula is C22H22FN5O. The molecule has 7 heteroatoms. The van der Waals surface area contributed by atoms with Crippen LogP contribution in [0.2, 0.25) is 0 Å². The van der Waals surface area contributed by atoms with E-state index in [0.29, 0.717) is 35.2 Å². The molecule has 0 saturated carbocycles. The summed E-state index contributed by atoms with van der Waals surface area (Å²) in [6.45, 7) is 3.12. The molecule has 148 valence electrons. The molecule has 0 aliphatic carbocycles. The summed E-state index contributed by atoms with van der Waals surface area (Å²) in [5.41, 5.74) is 9.64. The zero-order valence-electron chi connectivity index (χ0n) is 16.2. The Labute approximate surface area is 168 Å². The standard InChI is InChI=1S/C22H22FN5O/c1-13-8-15(17-2-5-26-22-21(17)16(10-24)12-27-22)9-18(23)20(13)14-3-6-28(7-4-14)19(29)11-25/h2,5,8-9,12,14H,3-4,6-7,11,25H2,1H3,(H,26,27). The Bertz CT molecular complexity index is 1100. The van der Waals surface area contributed by atoms with Gasteiger partial charge in [0.25, 0.3) is 0 Å². The smallest absolute Gasteiger partial charge is 0.236 e. The highest BCUT2D eigenvalue weighted by molar-refractivity contribution is 5.97. The number of aromatic nitrogens is 2. The fraction of sp³-hybridized carbons (Fsp3) is 0.318. The molecule has 1 aliphatic heterocycles. The first kappa shape index (κ1) is 19.1. The third-order valence-corrected chi connectivity index (χ3v) is 5.77. The minimum absolute atomic E-state index is 0.0109. The van der Waals surface area contributed by atoms with Gasteiger partial charge in [0.05, 0.1) is 12.1 Å². The number of rotatable bonds is 3. The molecule has 0 radical (unpaired) electrons. The normalized spacial score (nSPS) is 14.9. The van der Waals surface area contributed by atoms with Crippen LogP contribution in [0.25, 0.3) is 22.2 Å². The van der Waals surface area contributed by atoms with Crippen molar-refractivity contribution in [2.24, 2.45) is 5.73 Å². The number of carbonyl (C=O) groups excluding carboxylic acids is 1. The van der Waals surface area contributed by atoms with Crippen LogP contribution in [-0.4, -0.2) is 40.4 Å². The van der Waals surface area contributed by atoms with Gasteiger partial charge in [-0.15, -0.1) is 0 Å². The van der Waals surface area contributed by atoms with Crippen molar-refractivity contribution < 1.29 is 9.18 Å². The molecule has 6 nitrogen and oxygen atoms in total. The number of H-pyrrole nitrogens is 1. The van der Waals surface area contributed by atoms with Crippen molar-refractivity contribution in [2.45, 2.75) is 25.7 Å². The van der Waals surface area contributed by atoms with Gasteiger partial charge in [-0.1, -0.05) is 6.07 Å². The largest absolute Gasteiger partial charge is 0.345 e. The minimum atomic E-state index is -0.248. The molecule has 0 unspecified atom stereocenters. The molecule has 3 N–H and O–H groups in total. The summed E-state index contributed by atoms with van der Waals surface area (Å²) in [5, 5.41) is 10.1. The second-order valence-corrected chi connectivity index (χ2v) is 7.44. The van der Waals surface area contributed by atoms with E-state index >= 15 is 4.39 Å². The van der Waals surface area contributed by atoms with Gasteiger partial charge in [0, 0.05) is 30.9 Å². The quantitative estimate of drug-likeness (QED) is 0.716. The number of nitrogens with one attached hydrogen (secondary N) is 1. The van der Waals surface area contributed by atoms with E-state index in [1.54, 1.807) is 23.4 Å². The van der Waals surface area contributed by atoms with Gasteiger partial charge in [0.2, 0.25) is 5.91 Å². The van der Waals surface area contributed by atoms with E-state index < -0.39 is 0 Å². The van der Waals surface area contributed by atoms with Crippen molar-refractivity contribution in [1.82, 2.24) is 14.9 Å². The number of carbonyl (C=O) groups is 1. The molecule has 0 atom stereocenters. The van der Waals surface area contributed by atoms with Crippen LogP contribution < -0.4 is 5.73 Å². The molecule has 3 heterocycles. The number of pyridine rings is 1. The summed E-state index contributed by atoms with van der Waals surface area (Å²) >= 11 is 0. The van der Waals surface area contributed by atoms with Crippen LogP contribution in [0.15, 0.2) is 30.6 Å². The first-order valence-corrected chi connectivity index (χ1v) is 9.68. The highest BCUT2D eigenvalue weighted by Gasteiger charge is 2.26. The Morgan fingerprint density at radius 3 is 2.83 bits per heavy atom. The van der Waals surface area contributed by atoms with Gasteiger partial charge in [-0.2, -0.15) is 5.26 Å². The van der Waals surface area contributed by atoms with Gasteiger partial charge in [-0.05, 0) is 60.1 Å². The van der Waals surface area contributed by atoms with Crippen molar-refractivity contribution in [3.8, 4) is 17.2 Å². The van der Waals surface area contributed by atoms with Crippen molar-refractivity contribution in [3.05, 3.63) is 53.1 Å². The van der Waals surface area contributed by atoms with Crippen molar-refractivity contribution in [3.63, 3.8) is 0 Å². The van der Waals surface area contributed by atoms with Crippen LogP contribution in [0.1, 0.15) is 35.4 Å². The Morgan fingerprint density at radius 2 is 2.17 bits per heavy atom.